The van der Waals surface area contributed by atoms with Gasteiger partial charge < -0.3 is 0 Å². The molecule has 0 bridgehead atoms. The molecule has 1 fully saturated rings. The van der Waals surface area contributed by atoms with Crippen molar-refractivity contribution in [1.29, 1.82) is 0 Å². The Morgan fingerprint density at radius 3 is 2.33 bits per heavy atom. The van der Waals surface area contributed by atoms with Gasteiger partial charge in [0, 0.05) is 23.7 Å². The van der Waals surface area contributed by atoms with Crippen LogP contribution in [0.1, 0.15) is 31.2 Å². The lowest BCUT2D eigenvalue weighted by Crippen LogP contribution is -2.23. The molecule has 0 amide bonds. The highest BCUT2D eigenvalue weighted by atomic mass is 35.5. The number of hydrogen-bond donors (Lipinski definition) is 0. The zero-order valence-corrected chi connectivity index (χ0v) is 9.80. The van der Waals surface area contributed by atoms with Gasteiger partial charge in [0.15, 0.2) is 0 Å². The largest absolute Gasteiger partial charge is 0.300 e. The van der Waals surface area contributed by atoms with E-state index in [4.69, 9.17) is 11.6 Å². The molecule has 1 aliphatic carbocycles. The lowest BCUT2D eigenvalue weighted by Gasteiger charge is -2.24. The standard InChI is InChI=1S/C13H16ClN/c1-15-10-13(8-2-3-9-13)11-4-6-12(14)7-5-11/h4-7,10H,2-3,8-9H2,1H3. The highest BCUT2D eigenvalue weighted by Gasteiger charge is 2.33. The molecule has 0 unspecified atom stereocenters. The molecule has 1 saturated carbocycles. The second-order valence-corrected chi connectivity index (χ2v) is 4.69. The summed E-state index contributed by atoms with van der Waals surface area (Å²) in [7, 11) is 1.86. The summed E-state index contributed by atoms with van der Waals surface area (Å²) in [6.45, 7) is 0. The fourth-order valence-corrected chi connectivity index (χ4v) is 2.65. The number of hydrogen-bond acceptors (Lipinski definition) is 1. The summed E-state index contributed by atoms with van der Waals surface area (Å²) in [6.07, 6.45) is 7.14. The minimum Gasteiger partial charge on any atom is -0.300 e. The van der Waals surface area contributed by atoms with Crippen LogP contribution in [0.3, 0.4) is 0 Å². The van der Waals surface area contributed by atoms with E-state index < -0.39 is 0 Å². The van der Waals surface area contributed by atoms with Gasteiger partial charge in [-0.15, -0.1) is 0 Å². The Kier molecular flexibility index (Phi) is 3.11. The molecule has 0 heterocycles. The summed E-state index contributed by atoms with van der Waals surface area (Å²) in [5.41, 5.74) is 1.54. The van der Waals surface area contributed by atoms with Crippen molar-refractivity contribution in [3.63, 3.8) is 0 Å². The SMILES string of the molecule is CN=CC1(c2ccc(Cl)cc2)CCCC1. The molecule has 0 N–H and O–H groups in total. The Bertz CT molecular complexity index is 347. The average Bonchev–Trinajstić information content (AvgIpc) is 2.69. The van der Waals surface area contributed by atoms with Crippen LogP contribution < -0.4 is 0 Å². The number of rotatable bonds is 2. The third-order valence-electron chi connectivity index (χ3n) is 3.29. The third kappa shape index (κ3) is 2.07. The predicted molar refractivity (Wildman–Crippen MR) is 66.0 cm³/mol. The topological polar surface area (TPSA) is 12.4 Å². The average molecular weight is 222 g/mol. The molecule has 80 valence electrons. The van der Waals surface area contributed by atoms with Gasteiger partial charge in [0.1, 0.15) is 0 Å². The lowest BCUT2D eigenvalue weighted by molar-refractivity contribution is 0.611. The molecule has 1 nitrogen and oxygen atoms in total. The number of benzene rings is 1. The van der Waals surface area contributed by atoms with E-state index >= 15 is 0 Å². The zero-order valence-electron chi connectivity index (χ0n) is 9.04. The van der Waals surface area contributed by atoms with Crippen LogP contribution in [-0.2, 0) is 5.41 Å². The van der Waals surface area contributed by atoms with Crippen LogP contribution >= 0.6 is 11.6 Å². The molecule has 0 spiro atoms. The molecule has 1 aromatic carbocycles. The number of aliphatic imine (C=N–C) groups is 1. The molecule has 0 atom stereocenters. The highest BCUT2D eigenvalue weighted by molar-refractivity contribution is 6.30. The van der Waals surface area contributed by atoms with Gasteiger partial charge in [-0.25, -0.2) is 0 Å². The van der Waals surface area contributed by atoms with Gasteiger partial charge in [-0.1, -0.05) is 36.6 Å². The Morgan fingerprint density at radius 1 is 1.20 bits per heavy atom. The maximum absolute atomic E-state index is 5.91. The fraction of sp³-hybridized carbons (Fsp3) is 0.462. The van der Waals surface area contributed by atoms with E-state index in [2.05, 4.69) is 23.3 Å². The van der Waals surface area contributed by atoms with E-state index in [0.717, 1.165) is 5.02 Å². The summed E-state index contributed by atoms with van der Waals surface area (Å²) < 4.78 is 0. The zero-order chi connectivity index (χ0) is 10.7. The van der Waals surface area contributed by atoms with Crippen LogP contribution in [0, 0.1) is 0 Å². The Balaban J connectivity index is 2.36. The Hall–Kier alpha value is -0.820. The van der Waals surface area contributed by atoms with Gasteiger partial charge in [0.25, 0.3) is 0 Å². The molecule has 2 rings (SSSR count). The van der Waals surface area contributed by atoms with E-state index in [1.165, 1.54) is 31.2 Å². The maximum Gasteiger partial charge on any atom is 0.0406 e. The molecule has 1 aromatic rings. The van der Waals surface area contributed by atoms with Gasteiger partial charge in [-0.2, -0.15) is 0 Å². The summed E-state index contributed by atoms with van der Waals surface area (Å²) in [6, 6.07) is 8.21. The monoisotopic (exact) mass is 221 g/mol. The molecule has 2 heteroatoms. The van der Waals surface area contributed by atoms with E-state index in [9.17, 15) is 0 Å². The van der Waals surface area contributed by atoms with Crippen LogP contribution in [0.4, 0.5) is 0 Å². The van der Waals surface area contributed by atoms with Gasteiger partial charge in [0.2, 0.25) is 0 Å². The van der Waals surface area contributed by atoms with Gasteiger partial charge in [0.05, 0.1) is 0 Å². The minimum absolute atomic E-state index is 0.180. The summed E-state index contributed by atoms with van der Waals surface area (Å²) in [5, 5.41) is 0.806. The molecule has 1 aliphatic rings. The third-order valence-corrected chi connectivity index (χ3v) is 3.54. The van der Waals surface area contributed by atoms with Crippen molar-refractivity contribution in [1.82, 2.24) is 0 Å². The molecule has 0 aliphatic heterocycles. The molecular weight excluding hydrogens is 206 g/mol. The molecule has 0 radical (unpaired) electrons. The van der Waals surface area contributed by atoms with Crippen molar-refractivity contribution in [3.8, 4) is 0 Å². The molecule has 0 saturated heterocycles. The van der Waals surface area contributed by atoms with E-state index in [-0.39, 0.29) is 5.41 Å². The first-order valence-corrected chi connectivity index (χ1v) is 5.84. The first-order valence-electron chi connectivity index (χ1n) is 5.46. The first kappa shape index (κ1) is 10.7. The molecule has 15 heavy (non-hydrogen) atoms. The van der Waals surface area contributed by atoms with Crippen molar-refractivity contribution >= 4 is 17.8 Å². The van der Waals surface area contributed by atoms with Crippen LogP contribution in [0.5, 0.6) is 0 Å². The smallest absolute Gasteiger partial charge is 0.0406 e. The van der Waals surface area contributed by atoms with Crippen LogP contribution in [0.15, 0.2) is 29.3 Å². The summed E-state index contributed by atoms with van der Waals surface area (Å²) in [5.74, 6) is 0. The molecular formula is C13H16ClN. The van der Waals surface area contributed by atoms with E-state index in [1.54, 1.807) is 0 Å². The number of nitrogens with zero attached hydrogens (tertiary/aromatic N) is 1. The second-order valence-electron chi connectivity index (χ2n) is 4.26. The van der Waals surface area contributed by atoms with Gasteiger partial charge in [-0.05, 0) is 30.5 Å². The van der Waals surface area contributed by atoms with Crippen LogP contribution in [-0.4, -0.2) is 13.3 Å². The fourth-order valence-electron chi connectivity index (χ4n) is 2.53. The van der Waals surface area contributed by atoms with Crippen molar-refractivity contribution < 1.29 is 0 Å². The van der Waals surface area contributed by atoms with Crippen molar-refractivity contribution in [3.05, 3.63) is 34.9 Å². The summed E-state index contributed by atoms with van der Waals surface area (Å²) >= 11 is 5.91. The van der Waals surface area contributed by atoms with Crippen LogP contribution in [0.25, 0.3) is 0 Å². The Labute approximate surface area is 96.2 Å². The second kappa shape index (κ2) is 4.36. The van der Waals surface area contributed by atoms with Crippen molar-refractivity contribution in [2.45, 2.75) is 31.1 Å². The normalized spacial score (nSPS) is 19.9. The van der Waals surface area contributed by atoms with E-state index in [1.807, 2.05) is 19.2 Å². The maximum atomic E-state index is 5.91. The van der Waals surface area contributed by atoms with Gasteiger partial charge in [-0.3, -0.25) is 4.99 Å². The highest BCUT2D eigenvalue weighted by Crippen LogP contribution is 2.39. The van der Waals surface area contributed by atoms with Crippen molar-refractivity contribution in [2.75, 3.05) is 7.05 Å². The quantitative estimate of drug-likeness (QED) is 0.673. The van der Waals surface area contributed by atoms with Gasteiger partial charge >= 0.3 is 0 Å². The van der Waals surface area contributed by atoms with Crippen LogP contribution in [0.2, 0.25) is 5.02 Å². The minimum atomic E-state index is 0.180. The lowest BCUT2D eigenvalue weighted by atomic mass is 9.80. The predicted octanol–water partition coefficient (Wildman–Crippen LogP) is 3.85. The Morgan fingerprint density at radius 2 is 1.80 bits per heavy atom. The molecule has 0 aromatic heterocycles. The summed E-state index contributed by atoms with van der Waals surface area (Å²) in [4.78, 5) is 4.23. The van der Waals surface area contributed by atoms with Crippen molar-refractivity contribution in [2.24, 2.45) is 4.99 Å². The first-order chi connectivity index (χ1) is 7.27. The number of halogens is 1. The van der Waals surface area contributed by atoms with E-state index in [0.29, 0.717) is 0 Å².